The smallest absolute Gasteiger partial charge is 0.223 e. The molecule has 4 heteroatoms. The number of anilines is 1. The summed E-state index contributed by atoms with van der Waals surface area (Å²) in [6, 6.07) is 4.06. The van der Waals surface area contributed by atoms with Crippen molar-refractivity contribution in [1.82, 2.24) is 15.0 Å². The van der Waals surface area contributed by atoms with Crippen LogP contribution in [0.2, 0.25) is 0 Å². The van der Waals surface area contributed by atoms with Crippen LogP contribution in [0, 0.1) is 0 Å². The lowest BCUT2D eigenvalue weighted by molar-refractivity contribution is 1.07. The minimum atomic E-state index is 0.680. The summed E-state index contributed by atoms with van der Waals surface area (Å²) in [5.74, 6) is 0.680. The maximum Gasteiger partial charge on any atom is 0.223 e. The quantitative estimate of drug-likeness (QED) is 0.704. The largest absolute Gasteiger partial charge is 0.354 e. The Morgan fingerprint density at radius 1 is 1.25 bits per heavy atom. The molecule has 0 saturated carbocycles. The molecule has 0 aromatic carbocycles. The van der Waals surface area contributed by atoms with Crippen molar-refractivity contribution in [2.45, 2.75) is 13.3 Å². The second kappa shape index (κ2) is 3.56. The second-order valence-electron chi connectivity index (χ2n) is 3.79. The fourth-order valence-corrected chi connectivity index (χ4v) is 1.98. The standard InChI is InChI=1S/C12H12N4/c1-2-13-12-15-7-9-6-8-4-3-5-14-10(8)11(9)16-12/h3-5,7H,2,6H2,1H3,(H,13,15,16). The van der Waals surface area contributed by atoms with Crippen LogP contribution in [0.1, 0.15) is 18.1 Å². The predicted octanol–water partition coefficient (Wildman–Crippen LogP) is 1.87. The number of hydrogen-bond acceptors (Lipinski definition) is 4. The Morgan fingerprint density at radius 3 is 3.06 bits per heavy atom. The van der Waals surface area contributed by atoms with Crippen molar-refractivity contribution in [1.29, 1.82) is 0 Å². The predicted molar refractivity (Wildman–Crippen MR) is 62.2 cm³/mol. The average molecular weight is 212 g/mol. The minimum Gasteiger partial charge on any atom is -0.354 e. The Kier molecular flexibility index (Phi) is 2.06. The lowest BCUT2D eigenvalue weighted by Crippen LogP contribution is -2.03. The van der Waals surface area contributed by atoms with E-state index in [2.05, 4.69) is 26.3 Å². The van der Waals surface area contributed by atoms with Gasteiger partial charge in [-0.05, 0) is 18.6 Å². The molecule has 0 saturated heterocycles. The fourth-order valence-electron chi connectivity index (χ4n) is 1.98. The molecule has 0 fully saturated rings. The van der Waals surface area contributed by atoms with Crippen LogP contribution in [-0.4, -0.2) is 21.5 Å². The zero-order valence-corrected chi connectivity index (χ0v) is 9.07. The van der Waals surface area contributed by atoms with Crippen LogP contribution in [0.4, 0.5) is 5.95 Å². The molecule has 1 N–H and O–H groups in total. The van der Waals surface area contributed by atoms with Crippen LogP contribution in [0.3, 0.4) is 0 Å². The van der Waals surface area contributed by atoms with Gasteiger partial charge in [-0.1, -0.05) is 6.07 Å². The molecule has 0 spiro atoms. The molecule has 80 valence electrons. The van der Waals surface area contributed by atoms with Gasteiger partial charge in [0.05, 0.1) is 11.4 Å². The van der Waals surface area contributed by atoms with Crippen LogP contribution in [-0.2, 0) is 6.42 Å². The minimum absolute atomic E-state index is 0.680. The SMILES string of the molecule is CCNc1ncc2c(n1)-c1ncccc1C2. The molecule has 16 heavy (non-hydrogen) atoms. The van der Waals surface area contributed by atoms with E-state index in [-0.39, 0.29) is 0 Å². The summed E-state index contributed by atoms with van der Waals surface area (Å²) in [4.78, 5) is 13.2. The molecular weight excluding hydrogens is 200 g/mol. The maximum atomic E-state index is 4.50. The Morgan fingerprint density at radius 2 is 2.19 bits per heavy atom. The highest BCUT2D eigenvalue weighted by Gasteiger charge is 2.21. The van der Waals surface area contributed by atoms with Crippen molar-refractivity contribution >= 4 is 5.95 Å². The monoisotopic (exact) mass is 212 g/mol. The molecule has 4 nitrogen and oxygen atoms in total. The van der Waals surface area contributed by atoms with Gasteiger partial charge >= 0.3 is 0 Å². The number of aromatic nitrogens is 3. The number of rotatable bonds is 2. The third-order valence-corrected chi connectivity index (χ3v) is 2.70. The summed E-state index contributed by atoms with van der Waals surface area (Å²) in [5.41, 5.74) is 4.37. The maximum absolute atomic E-state index is 4.50. The molecule has 3 rings (SSSR count). The van der Waals surface area contributed by atoms with Crippen LogP contribution < -0.4 is 5.32 Å². The Balaban J connectivity index is 2.11. The Hall–Kier alpha value is -1.97. The second-order valence-corrected chi connectivity index (χ2v) is 3.79. The van der Waals surface area contributed by atoms with Gasteiger partial charge in [-0.2, -0.15) is 0 Å². The first-order valence-corrected chi connectivity index (χ1v) is 5.42. The van der Waals surface area contributed by atoms with E-state index in [1.54, 1.807) is 0 Å². The van der Waals surface area contributed by atoms with E-state index < -0.39 is 0 Å². The zero-order chi connectivity index (χ0) is 11.0. The molecule has 1 aliphatic carbocycles. The normalized spacial score (nSPS) is 12.1. The van der Waals surface area contributed by atoms with Gasteiger partial charge in [0, 0.05) is 30.9 Å². The van der Waals surface area contributed by atoms with Crippen LogP contribution in [0.5, 0.6) is 0 Å². The van der Waals surface area contributed by atoms with Crippen LogP contribution >= 0.6 is 0 Å². The van der Waals surface area contributed by atoms with Crippen molar-refractivity contribution in [3.63, 3.8) is 0 Å². The summed E-state index contributed by atoms with van der Waals surface area (Å²) >= 11 is 0. The van der Waals surface area contributed by atoms with Gasteiger partial charge in [0.2, 0.25) is 5.95 Å². The van der Waals surface area contributed by atoms with E-state index in [0.29, 0.717) is 5.95 Å². The number of nitrogens with zero attached hydrogens (tertiary/aromatic N) is 3. The highest BCUT2D eigenvalue weighted by Crippen LogP contribution is 2.32. The van der Waals surface area contributed by atoms with Crippen LogP contribution in [0.15, 0.2) is 24.5 Å². The van der Waals surface area contributed by atoms with E-state index >= 15 is 0 Å². The number of nitrogens with one attached hydrogen (secondary N) is 1. The third kappa shape index (κ3) is 1.34. The van der Waals surface area contributed by atoms with Gasteiger partial charge < -0.3 is 5.32 Å². The summed E-state index contributed by atoms with van der Waals surface area (Å²) in [7, 11) is 0. The first kappa shape index (κ1) is 9.27. The summed E-state index contributed by atoms with van der Waals surface area (Å²) in [6.07, 6.45) is 4.59. The topological polar surface area (TPSA) is 50.7 Å². The molecule has 0 atom stereocenters. The van der Waals surface area contributed by atoms with Gasteiger partial charge in [-0.3, -0.25) is 4.98 Å². The molecule has 0 unspecified atom stereocenters. The highest BCUT2D eigenvalue weighted by atomic mass is 15.1. The van der Waals surface area contributed by atoms with E-state index in [1.165, 1.54) is 5.56 Å². The van der Waals surface area contributed by atoms with Crippen molar-refractivity contribution in [3.8, 4) is 11.4 Å². The summed E-state index contributed by atoms with van der Waals surface area (Å²) in [6.45, 7) is 2.86. The molecule has 2 aromatic rings. The van der Waals surface area contributed by atoms with Crippen molar-refractivity contribution in [2.24, 2.45) is 0 Å². The number of fused-ring (bicyclic) bond motifs is 3. The van der Waals surface area contributed by atoms with Gasteiger partial charge in [0.1, 0.15) is 0 Å². The van der Waals surface area contributed by atoms with Crippen LogP contribution in [0.25, 0.3) is 11.4 Å². The number of pyridine rings is 1. The molecule has 0 aliphatic heterocycles. The van der Waals surface area contributed by atoms with Gasteiger partial charge in [0.15, 0.2) is 0 Å². The third-order valence-electron chi connectivity index (χ3n) is 2.70. The average Bonchev–Trinajstić information content (AvgIpc) is 2.68. The zero-order valence-electron chi connectivity index (χ0n) is 9.07. The van der Waals surface area contributed by atoms with Crippen molar-refractivity contribution in [3.05, 3.63) is 35.7 Å². The van der Waals surface area contributed by atoms with E-state index in [9.17, 15) is 0 Å². The molecule has 0 radical (unpaired) electrons. The van der Waals surface area contributed by atoms with Gasteiger partial charge in [-0.15, -0.1) is 0 Å². The van der Waals surface area contributed by atoms with Gasteiger partial charge in [-0.25, -0.2) is 9.97 Å². The first-order chi connectivity index (χ1) is 7.88. The molecule has 1 aliphatic rings. The first-order valence-electron chi connectivity index (χ1n) is 5.42. The van der Waals surface area contributed by atoms with E-state index in [4.69, 9.17) is 0 Å². The lowest BCUT2D eigenvalue weighted by atomic mass is 10.2. The summed E-state index contributed by atoms with van der Waals surface area (Å²) in [5, 5.41) is 3.12. The Bertz CT molecular complexity index is 536. The lowest BCUT2D eigenvalue weighted by Gasteiger charge is -2.03. The number of hydrogen-bond donors (Lipinski definition) is 1. The van der Waals surface area contributed by atoms with E-state index in [1.807, 2.05) is 25.4 Å². The molecule has 0 bridgehead atoms. The highest BCUT2D eigenvalue weighted by molar-refractivity contribution is 5.70. The van der Waals surface area contributed by atoms with Crippen molar-refractivity contribution in [2.75, 3.05) is 11.9 Å². The fraction of sp³-hybridized carbons (Fsp3) is 0.250. The molecule has 2 heterocycles. The van der Waals surface area contributed by atoms with Gasteiger partial charge in [0.25, 0.3) is 0 Å². The molecular formula is C12H12N4. The van der Waals surface area contributed by atoms with E-state index in [0.717, 1.165) is 29.9 Å². The molecule has 2 aromatic heterocycles. The molecule has 0 amide bonds. The Labute approximate surface area is 93.8 Å². The summed E-state index contributed by atoms with van der Waals surface area (Å²) < 4.78 is 0. The van der Waals surface area contributed by atoms with Crippen molar-refractivity contribution < 1.29 is 0 Å².